The van der Waals surface area contributed by atoms with Gasteiger partial charge in [0.05, 0.1) is 5.69 Å². The van der Waals surface area contributed by atoms with E-state index in [0.29, 0.717) is 18.1 Å². The minimum Gasteiger partial charge on any atom is -0.356 e. The average Bonchev–Trinajstić information content (AvgIpc) is 3.58. The number of amides is 1. The molecule has 39 heavy (non-hydrogen) atoms. The van der Waals surface area contributed by atoms with Crippen molar-refractivity contribution in [3.8, 4) is 11.3 Å². The van der Waals surface area contributed by atoms with Crippen molar-refractivity contribution in [3.63, 3.8) is 0 Å². The van der Waals surface area contributed by atoms with Gasteiger partial charge in [0.2, 0.25) is 11.7 Å². The molecule has 0 atom stereocenters. The number of hydrogen-bond acceptors (Lipinski definition) is 4. The van der Waals surface area contributed by atoms with Gasteiger partial charge >= 0.3 is 0 Å². The first-order chi connectivity index (χ1) is 19.1. The monoisotopic (exact) mass is 523 g/mol. The number of aryl methyl sites for hydroxylation is 1. The zero-order chi connectivity index (χ0) is 26.8. The smallest absolute Gasteiger partial charge is 0.261 e. The summed E-state index contributed by atoms with van der Waals surface area (Å²) in [5.41, 5.74) is 4.29. The van der Waals surface area contributed by atoms with Crippen LogP contribution in [0.4, 0.5) is 11.5 Å². The summed E-state index contributed by atoms with van der Waals surface area (Å²) in [6.07, 6.45) is 8.84. The number of imidazole rings is 1. The van der Waals surface area contributed by atoms with Crippen LogP contribution in [0, 0.1) is 0 Å². The fraction of sp³-hybridized carbons (Fsp3) is 0.406. The molecule has 0 saturated carbocycles. The largest absolute Gasteiger partial charge is 0.356 e. The van der Waals surface area contributed by atoms with Crippen LogP contribution in [0.5, 0.6) is 0 Å². The first-order valence-electron chi connectivity index (χ1n) is 14.5. The number of carbonyl (C=O) groups is 1. The van der Waals surface area contributed by atoms with Gasteiger partial charge in [-0.3, -0.25) is 14.0 Å². The van der Waals surface area contributed by atoms with Gasteiger partial charge in [-0.2, -0.15) is 4.98 Å². The molecule has 0 spiro atoms. The van der Waals surface area contributed by atoms with Crippen molar-refractivity contribution in [2.24, 2.45) is 0 Å². The van der Waals surface area contributed by atoms with E-state index in [1.165, 1.54) is 5.56 Å². The van der Waals surface area contributed by atoms with E-state index in [9.17, 15) is 9.59 Å². The lowest BCUT2D eigenvalue weighted by Crippen LogP contribution is -2.34. The highest BCUT2D eigenvalue weighted by Gasteiger charge is 2.24. The maximum atomic E-state index is 13.4. The van der Waals surface area contributed by atoms with Crippen LogP contribution in [0.15, 0.2) is 71.7 Å². The number of carbonyl (C=O) groups excluding carboxylic acids is 1. The summed E-state index contributed by atoms with van der Waals surface area (Å²) in [5.74, 6) is 2.21. The molecule has 2 fully saturated rings. The summed E-state index contributed by atoms with van der Waals surface area (Å²) < 4.78 is 3.90. The summed E-state index contributed by atoms with van der Waals surface area (Å²) in [6.45, 7) is 5.57. The molecular weight excluding hydrogens is 486 g/mol. The molecular formula is C32H37N5O2. The van der Waals surface area contributed by atoms with E-state index in [1.807, 2.05) is 23.2 Å². The number of hydrogen-bond donors (Lipinski definition) is 0. The van der Waals surface area contributed by atoms with Crippen LogP contribution >= 0.6 is 0 Å². The van der Waals surface area contributed by atoms with E-state index in [2.05, 4.69) is 58.9 Å². The lowest BCUT2D eigenvalue weighted by molar-refractivity contribution is -0.117. The van der Waals surface area contributed by atoms with E-state index in [0.717, 1.165) is 87.5 Å². The highest BCUT2D eigenvalue weighted by atomic mass is 16.2. The summed E-state index contributed by atoms with van der Waals surface area (Å²) >= 11 is 0. The SMILES string of the molecule is CCCCCn1c(-c2ccc(N3CCCC3=O)cc2)cn2c(=O)cc(N3CCC(c4ccccc4)CC3)nc12. The normalized spacial score (nSPS) is 16.5. The lowest BCUT2D eigenvalue weighted by Gasteiger charge is -2.33. The predicted octanol–water partition coefficient (Wildman–Crippen LogP) is 5.86. The van der Waals surface area contributed by atoms with Crippen molar-refractivity contribution < 1.29 is 4.79 Å². The summed E-state index contributed by atoms with van der Waals surface area (Å²) in [7, 11) is 0. The number of anilines is 2. The number of benzene rings is 2. The Kier molecular flexibility index (Phi) is 7.22. The average molecular weight is 524 g/mol. The molecule has 7 nitrogen and oxygen atoms in total. The lowest BCUT2D eigenvalue weighted by atomic mass is 9.89. The quantitative estimate of drug-likeness (QED) is 0.271. The molecule has 0 N–H and O–H groups in total. The van der Waals surface area contributed by atoms with Crippen LogP contribution < -0.4 is 15.4 Å². The molecule has 2 aromatic heterocycles. The Morgan fingerprint density at radius 1 is 0.923 bits per heavy atom. The van der Waals surface area contributed by atoms with Gasteiger partial charge in [0, 0.05) is 50.6 Å². The molecule has 2 saturated heterocycles. The Hall–Kier alpha value is -3.87. The van der Waals surface area contributed by atoms with Crippen molar-refractivity contribution >= 4 is 23.2 Å². The first-order valence-corrected chi connectivity index (χ1v) is 14.5. The molecule has 0 radical (unpaired) electrons. The fourth-order valence-electron chi connectivity index (χ4n) is 6.11. The standard InChI is InChI=1S/C32H37N5O2/c1-2-3-7-18-36-28(26-12-14-27(15-13-26)35-19-8-11-30(35)38)23-37-31(39)22-29(33-32(36)37)34-20-16-25(17-21-34)24-9-5-4-6-10-24/h4-6,9-10,12-15,22-23,25H,2-3,7-8,11,16-21H2,1H3. The number of nitrogens with zero attached hydrogens (tertiary/aromatic N) is 5. The van der Waals surface area contributed by atoms with Crippen LogP contribution in [-0.4, -0.2) is 39.5 Å². The van der Waals surface area contributed by atoms with Crippen LogP contribution in [0.25, 0.3) is 17.0 Å². The minimum absolute atomic E-state index is 0.0463. The zero-order valence-corrected chi connectivity index (χ0v) is 22.8. The van der Waals surface area contributed by atoms with E-state index in [-0.39, 0.29) is 11.5 Å². The number of rotatable bonds is 8. The van der Waals surface area contributed by atoms with Crippen LogP contribution in [-0.2, 0) is 11.3 Å². The predicted molar refractivity (Wildman–Crippen MR) is 157 cm³/mol. The van der Waals surface area contributed by atoms with Gasteiger partial charge in [-0.15, -0.1) is 0 Å². The molecule has 6 rings (SSSR count). The molecule has 4 aromatic rings. The van der Waals surface area contributed by atoms with Crippen molar-refractivity contribution in [2.45, 2.75) is 64.3 Å². The molecule has 4 heterocycles. The summed E-state index contributed by atoms with van der Waals surface area (Å²) in [4.78, 5) is 34.8. The molecule has 0 unspecified atom stereocenters. The van der Waals surface area contributed by atoms with Crippen molar-refractivity contribution in [2.75, 3.05) is 29.4 Å². The van der Waals surface area contributed by atoms with E-state index < -0.39 is 0 Å². The van der Waals surface area contributed by atoms with Gasteiger partial charge in [0.25, 0.3) is 5.56 Å². The molecule has 0 bridgehead atoms. The third kappa shape index (κ3) is 5.10. The second kappa shape index (κ2) is 11.1. The number of aromatic nitrogens is 3. The van der Waals surface area contributed by atoms with Gasteiger partial charge in [0.1, 0.15) is 5.82 Å². The van der Waals surface area contributed by atoms with Gasteiger partial charge in [-0.05, 0) is 54.9 Å². The fourth-order valence-corrected chi connectivity index (χ4v) is 6.11. The Morgan fingerprint density at radius 3 is 2.38 bits per heavy atom. The van der Waals surface area contributed by atoms with Gasteiger partial charge in [-0.25, -0.2) is 0 Å². The number of piperidine rings is 1. The maximum Gasteiger partial charge on any atom is 0.261 e. The van der Waals surface area contributed by atoms with Crippen LogP contribution in [0.2, 0.25) is 0 Å². The molecule has 2 aliphatic rings. The van der Waals surface area contributed by atoms with Crippen LogP contribution in [0.3, 0.4) is 0 Å². The van der Waals surface area contributed by atoms with E-state index in [1.54, 1.807) is 10.5 Å². The van der Waals surface area contributed by atoms with Gasteiger partial charge in [0.15, 0.2) is 0 Å². The highest BCUT2D eigenvalue weighted by Crippen LogP contribution is 2.31. The third-order valence-corrected chi connectivity index (χ3v) is 8.33. The molecule has 1 amide bonds. The summed E-state index contributed by atoms with van der Waals surface area (Å²) in [5, 5.41) is 0. The topological polar surface area (TPSA) is 62.9 Å². The Labute approximate surface area is 229 Å². The molecule has 7 heteroatoms. The molecule has 2 aromatic carbocycles. The van der Waals surface area contributed by atoms with Gasteiger partial charge in [-0.1, -0.05) is 62.2 Å². The van der Waals surface area contributed by atoms with Crippen LogP contribution in [0.1, 0.15) is 63.4 Å². The molecule has 0 aliphatic carbocycles. The second-order valence-corrected chi connectivity index (χ2v) is 10.9. The summed E-state index contributed by atoms with van der Waals surface area (Å²) in [6, 6.07) is 20.6. The van der Waals surface area contributed by atoms with Crippen molar-refractivity contribution in [1.82, 2.24) is 14.0 Å². The van der Waals surface area contributed by atoms with Gasteiger partial charge < -0.3 is 14.4 Å². The first kappa shape index (κ1) is 25.4. The van der Waals surface area contributed by atoms with E-state index >= 15 is 0 Å². The number of unbranched alkanes of at least 4 members (excludes halogenated alkanes) is 2. The zero-order valence-electron chi connectivity index (χ0n) is 22.8. The number of fused-ring (bicyclic) bond motifs is 1. The third-order valence-electron chi connectivity index (χ3n) is 8.33. The van der Waals surface area contributed by atoms with Crippen molar-refractivity contribution in [3.05, 3.63) is 82.8 Å². The van der Waals surface area contributed by atoms with Crippen molar-refractivity contribution in [1.29, 1.82) is 0 Å². The minimum atomic E-state index is -0.0463. The molecule has 202 valence electrons. The van der Waals surface area contributed by atoms with E-state index in [4.69, 9.17) is 4.98 Å². The Balaban J connectivity index is 1.31. The maximum absolute atomic E-state index is 13.4. The molecule has 2 aliphatic heterocycles. The Bertz CT molecular complexity index is 1500. The second-order valence-electron chi connectivity index (χ2n) is 10.9. The highest BCUT2D eigenvalue weighted by molar-refractivity contribution is 5.95. The Morgan fingerprint density at radius 2 is 1.69 bits per heavy atom.